The lowest BCUT2D eigenvalue weighted by molar-refractivity contribution is 0.178. The van der Waals surface area contributed by atoms with Crippen molar-refractivity contribution in [3.63, 3.8) is 0 Å². The van der Waals surface area contributed by atoms with Gasteiger partial charge in [0.1, 0.15) is 0 Å². The van der Waals surface area contributed by atoms with Crippen LogP contribution in [0.15, 0.2) is 24.3 Å². The van der Waals surface area contributed by atoms with Crippen LogP contribution in [0.2, 0.25) is 5.02 Å². The fourth-order valence-corrected chi connectivity index (χ4v) is 3.19. The molecule has 1 rings (SSSR count). The molecule has 3 unspecified atom stereocenters. The molecule has 1 aromatic rings. The molecule has 0 aromatic heterocycles. The van der Waals surface area contributed by atoms with Gasteiger partial charge in [-0.25, -0.2) is 0 Å². The second kappa shape index (κ2) is 7.39. The molecule has 1 aromatic carbocycles. The Morgan fingerprint density at radius 2 is 1.94 bits per heavy atom. The molecule has 4 heteroatoms. The second-order valence-corrected chi connectivity index (χ2v) is 6.11. The largest absolute Gasteiger partial charge is 0.326 e. The van der Waals surface area contributed by atoms with E-state index in [1.807, 2.05) is 36.9 Å². The number of nitrogens with two attached hydrogens (primary N) is 1. The van der Waals surface area contributed by atoms with E-state index in [2.05, 4.69) is 31.2 Å². The second-order valence-electron chi connectivity index (χ2n) is 4.80. The van der Waals surface area contributed by atoms with Gasteiger partial charge in [-0.05, 0) is 38.8 Å². The lowest BCUT2D eigenvalue weighted by Crippen LogP contribution is -2.42. The number of hydrogen-bond acceptors (Lipinski definition) is 3. The van der Waals surface area contributed by atoms with Gasteiger partial charge in [0.15, 0.2) is 0 Å². The predicted octanol–water partition coefficient (Wildman–Crippen LogP) is 3.41. The van der Waals surface area contributed by atoms with Crippen LogP contribution in [0.4, 0.5) is 0 Å². The molecule has 0 fully saturated rings. The third-order valence-corrected chi connectivity index (χ3v) is 4.42. The van der Waals surface area contributed by atoms with Crippen molar-refractivity contribution in [2.45, 2.75) is 32.0 Å². The van der Waals surface area contributed by atoms with E-state index in [4.69, 9.17) is 17.3 Å². The zero-order valence-electron chi connectivity index (χ0n) is 11.6. The van der Waals surface area contributed by atoms with E-state index in [0.717, 1.165) is 16.3 Å². The summed E-state index contributed by atoms with van der Waals surface area (Å²) in [5.74, 6) is 1.09. The van der Waals surface area contributed by atoms with Crippen molar-refractivity contribution < 1.29 is 0 Å². The molecule has 2 nitrogen and oxygen atoms in total. The van der Waals surface area contributed by atoms with Crippen LogP contribution in [0.25, 0.3) is 0 Å². The average molecular weight is 287 g/mol. The van der Waals surface area contributed by atoms with Crippen LogP contribution in [0.1, 0.15) is 25.5 Å². The molecule has 0 aliphatic heterocycles. The van der Waals surface area contributed by atoms with Crippen molar-refractivity contribution in [2.24, 2.45) is 5.73 Å². The normalized spacial score (nSPS) is 16.6. The lowest BCUT2D eigenvalue weighted by atomic mass is 9.98. The molecule has 0 aliphatic rings. The smallest absolute Gasteiger partial charge is 0.0511 e. The number of likely N-dealkylation sites (N-methyl/N-ethyl adjacent to an activating group) is 1. The third kappa shape index (κ3) is 3.89. The van der Waals surface area contributed by atoms with Gasteiger partial charge in [-0.2, -0.15) is 11.8 Å². The highest BCUT2D eigenvalue weighted by molar-refractivity contribution is 7.98. The third-order valence-electron chi connectivity index (χ3n) is 3.26. The van der Waals surface area contributed by atoms with E-state index in [1.54, 1.807) is 0 Å². The summed E-state index contributed by atoms with van der Waals surface area (Å²) in [4.78, 5) is 2.32. The van der Waals surface area contributed by atoms with E-state index in [0.29, 0.717) is 6.04 Å². The maximum atomic E-state index is 6.30. The number of thioether (sulfide) groups is 1. The number of nitrogens with zero attached hydrogens (tertiary/aromatic N) is 1. The van der Waals surface area contributed by atoms with E-state index in [1.165, 1.54) is 0 Å². The summed E-state index contributed by atoms with van der Waals surface area (Å²) < 4.78 is 0. The Hall–Kier alpha value is -0.220. The van der Waals surface area contributed by atoms with Crippen LogP contribution < -0.4 is 5.73 Å². The molecule has 0 spiro atoms. The lowest BCUT2D eigenvalue weighted by Gasteiger charge is -2.36. The monoisotopic (exact) mass is 286 g/mol. The van der Waals surface area contributed by atoms with Crippen LogP contribution in [0, 0.1) is 0 Å². The summed E-state index contributed by atoms with van der Waals surface area (Å²) in [5, 5.41) is 0.794. The SMILES string of the molecule is CSCC(C)N(C)C(c1ccccc1Cl)C(C)N. The molecule has 0 bridgehead atoms. The molecule has 0 saturated heterocycles. The Morgan fingerprint density at radius 3 is 2.44 bits per heavy atom. The molecule has 3 atom stereocenters. The summed E-state index contributed by atoms with van der Waals surface area (Å²) in [6.45, 7) is 4.26. The standard InChI is InChI=1S/C14H23ClN2S/c1-10(9-18-4)17(3)14(11(2)16)12-7-5-6-8-13(12)15/h5-8,10-11,14H,9,16H2,1-4H3. The van der Waals surface area contributed by atoms with Gasteiger partial charge in [0.05, 0.1) is 6.04 Å². The Bertz CT molecular complexity index is 371. The molecular formula is C14H23ClN2S. The van der Waals surface area contributed by atoms with E-state index >= 15 is 0 Å². The Morgan fingerprint density at radius 1 is 1.33 bits per heavy atom. The molecule has 102 valence electrons. The fraction of sp³-hybridized carbons (Fsp3) is 0.571. The summed E-state index contributed by atoms with van der Waals surface area (Å²) >= 11 is 8.15. The van der Waals surface area contributed by atoms with Crippen LogP contribution in [0.3, 0.4) is 0 Å². The number of benzene rings is 1. The topological polar surface area (TPSA) is 29.3 Å². The number of halogens is 1. The van der Waals surface area contributed by atoms with Crippen molar-refractivity contribution >= 4 is 23.4 Å². The van der Waals surface area contributed by atoms with Crippen molar-refractivity contribution in [3.05, 3.63) is 34.9 Å². The van der Waals surface area contributed by atoms with Crippen LogP contribution in [-0.2, 0) is 0 Å². The molecule has 0 heterocycles. The zero-order chi connectivity index (χ0) is 13.7. The van der Waals surface area contributed by atoms with Crippen LogP contribution in [0.5, 0.6) is 0 Å². The minimum Gasteiger partial charge on any atom is -0.326 e. The first-order valence-corrected chi connectivity index (χ1v) is 7.97. The maximum absolute atomic E-state index is 6.30. The first-order valence-electron chi connectivity index (χ1n) is 6.20. The van der Waals surface area contributed by atoms with Crippen LogP contribution in [-0.4, -0.2) is 36.0 Å². The Balaban J connectivity index is 3.00. The average Bonchev–Trinajstić information content (AvgIpc) is 2.31. The van der Waals surface area contributed by atoms with E-state index < -0.39 is 0 Å². The molecular weight excluding hydrogens is 264 g/mol. The molecule has 2 N–H and O–H groups in total. The maximum Gasteiger partial charge on any atom is 0.0511 e. The van der Waals surface area contributed by atoms with Crippen molar-refractivity contribution in [1.29, 1.82) is 0 Å². The van der Waals surface area contributed by atoms with Gasteiger partial charge in [-0.15, -0.1) is 0 Å². The van der Waals surface area contributed by atoms with Crippen molar-refractivity contribution in [3.8, 4) is 0 Å². The Kier molecular flexibility index (Phi) is 6.50. The summed E-state index contributed by atoms with van der Waals surface area (Å²) in [7, 11) is 2.12. The van der Waals surface area contributed by atoms with Crippen LogP contribution >= 0.6 is 23.4 Å². The fourth-order valence-electron chi connectivity index (χ4n) is 2.22. The minimum atomic E-state index is 0.0409. The van der Waals surface area contributed by atoms with Gasteiger partial charge >= 0.3 is 0 Å². The first kappa shape index (κ1) is 15.8. The van der Waals surface area contributed by atoms with Gasteiger partial charge in [0.25, 0.3) is 0 Å². The molecule has 18 heavy (non-hydrogen) atoms. The van der Waals surface area contributed by atoms with Gasteiger partial charge in [0.2, 0.25) is 0 Å². The van der Waals surface area contributed by atoms with Crippen molar-refractivity contribution in [2.75, 3.05) is 19.1 Å². The van der Waals surface area contributed by atoms with E-state index in [-0.39, 0.29) is 12.1 Å². The summed E-state index contributed by atoms with van der Waals surface area (Å²) in [5.41, 5.74) is 7.28. The molecule has 0 radical (unpaired) electrons. The summed E-state index contributed by atoms with van der Waals surface area (Å²) in [6, 6.07) is 8.63. The van der Waals surface area contributed by atoms with Crippen molar-refractivity contribution in [1.82, 2.24) is 4.90 Å². The number of rotatable bonds is 6. The van der Waals surface area contributed by atoms with Gasteiger partial charge in [-0.3, -0.25) is 4.90 Å². The first-order chi connectivity index (χ1) is 8.49. The minimum absolute atomic E-state index is 0.0409. The summed E-state index contributed by atoms with van der Waals surface area (Å²) in [6.07, 6.45) is 2.13. The van der Waals surface area contributed by atoms with Gasteiger partial charge in [-0.1, -0.05) is 29.8 Å². The highest BCUT2D eigenvalue weighted by Crippen LogP contribution is 2.30. The highest BCUT2D eigenvalue weighted by atomic mass is 35.5. The van der Waals surface area contributed by atoms with Gasteiger partial charge in [0, 0.05) is 22.9 Å². The molecule has 0 saturated carbocycles. The molecule has 0 aliphatic carbocycles. The number of hydrogen-bond donors (Lipinski definition) is 1. The Labute approximate surface area is 120 Å². The highest BCUT2D eigenvalue weighted by Gasteiger charge is 2.26. The van der Waals surface area contributed by atoms with E-state index in [9.17, 15) is 0 Å². The quantitative estimate of drug-likeness (QED) is 0.869. The molecule has 0 amide bonds. The van der Waals surface area contributed by atoms with Gasteiger partial charge < -0.3 is 5.73 Å². The zero-order valence-corrected chi connectivity index (χ0v) is 13.1. The predicted molar refractivity (Wildman–Crippen MR) is 83.4 cm³/mol.